The van der Waals surface area contributed by atoms with Gasteiger partial charge in [0.2, 0.25) is 0 Å². The summed E-state index contributed by atoms with van der Waals surface area (Å²) in [7, 11) is 0. The standard InChI is InChI=1S/C15H19NO4S/c17-12(10-20-13-5-8-21-11-13)9-16-6-7-19-15-4-2-1-3-14(15)18/h1-5,8,11-12,16-18H,6-7,9-10H2. The van der Waals surface area contributed by atoms with Crippen LogP contribution < -0.4 is 14.8 Å². The zero-order valence-electron chi connectivity index (χ0n) is 11.6. The molecule has 1 aromatic carbocycles. The Bertz CT molecular complexity index is 518. The SMILES string of the molecule is Oc1ccccc1OCCNCC(O)COc1ccsc1. The number of hydrogen-bond acceptors (Lipinski definition) is 6. The Hall–Kier alpha value is -1.76. The van der Waals surface area contributed by atoms with E-state index in [9.17, 15) is 10.2 Å². The van der Waals surface area contributed by atoms with Gasteiger partial charge < -0.3 is 25.0 Å². The van der Waals surface area contributed by atoms with E-state index < -0.39 is 6.10 Å². The fraction of sp³-hybridized carbons (Fsp3) is 0.333. The number of ether oxygens (including phenoxy) is 2. The maximum absolute atomic E-state index is 9.74. The first-order chi connectivity index (χ1) is 10.3. The lowest BCUT2D eigenvalue weighted by molar-refractivity contribution is 0.105. The second-order valence-corrected chi connectivity index (χ2v) is 5.22. The monoisotopic (exact) mass is 309 g/mol. The van der Waals surface area contributed by atoms with Crippen molar-refractivity contribution in [2.75, 3.05) is 26.3 Å². The molecule has 0 saturated heterocycles. The van der Waals surface area contributed by atoms with E-state index in [2.05, 4.69) is 5.32 Å². The normalized spacial score (nSPS) is 12.0. The maximum Gasteiger partial charge on any atom is 0.160 e. The molecular weight excluding hydrogens is 290 g/mol. The molecule has 0 amide bonds. The van der Waals surface area contributed by atoms with Gasteiger partial charge in [-0.3, -0.25) is 0 Å². The Morgan fingerprint density at radius 2 is 2.05 bits per heavy atom. The number of rotatable bonds is 9. The number of aliphatic hydroxyl groups excluding tert-OH is 1. The van der Waals surface area contributed by atoms with Crippen LogP contribution in [0.25, 0.3) is 0 Å². The third kappa shape index (κ3) is 5.63. The van der Waals surface area contributed by atoms with Crippen molar-refractivity contribution in [3.63, 3.8) is 0 Å². The molecular formula is C15H19NO4S. The van der Waals surface area contributed by atoms with Gasteiger partial charge in [0, 0.05) is 18.5 Å². The molecule has 0 aliphatic heterocycles. The number of thiophene rings is 1. The molecule has 5 nitrogen and oxygen atoms in total. The molecule has 0 aliphatic carbocycles. The van der Waals surface area contributed by atoms with E-state index in [4.69, 9.17) is 9.47 Å². The highest BCUT2D eigenvalue weighted by molar-refractivity contribution is 7.08. The van der Waals surface area contributed by atoms with Crippen LogP contribution in [0.2, 0.25) is 0 Å². The summed E-state index contributed by atoms with van der Waals surface area (Å²) in [4.78, 5) is 0. The number of benzene rings is 1. The molecule has 3 N–H and O–H groups in total. The third-order valence-corrected chi connectivity index (χ3v) is 3.38. The van der Waals surface area contributed by atoms with Crippen molar-refractivity contribution >= 4 is 11.3 Å². The van der Waals surface area contributed by atoms with Crippen LogP contribution in [-0.4, -0.2) is 42.6 Å². The van der Waals surface area contributed by atoms with Gasteiger partial charge >= 0.3 is 0 Å². The minimum Gasteiger partial charge on any atom is -0.504 e. The second kappa shape index (κ2) is 8.51. The molecule has 2 aromatic rings. The van der Waals surface area contributed by atoms with Gasteiger partial charge in [0.05, 0.1) is 0 Å². The van der Waals surface area contributed by atoms with Crippen molar-refractivity contribution in [3.8, 4) is 17.2 Å². The summed E-state index contributed by atoms with van der Waals surface area (Å²) in [5, 5.41) is 26.1. The third-order valence-electron chi connectivity index (χ3n) is 2.72. The van der Waals surface area contributed by atoms with Gasteiger partial charge in [-0.15, -0.1) is 11.3 Å². The van der Waals surface area contributed by atoms with Crippen molar-refractivity contribution in [2.45, 2.75) is 6.10 Å². The van der Waals surface area contributed by atoms with E-state index in [1.807, 2.05) is 16.8 Å². The van der Waals surface area contributed by atoms with E-state index in [-0.39, 0.29) is 12.4 Å². The molecule has 0 fully saturated rings. The predicted octanol–water partition coefficient (Wildman–Crippen LogP) is 1.86. The van der Waals surface area contributed by atoms with E-state index in [0.717, 1.165) is 5.75 Å². The van der Waals surface area contributed by atoms with Crippen LogP contribution in [0.4, 0.5) is 0 Å². The van der Waals surface area contributed by atoms with E-state index in [0.29, 0.717) is 25.4 Å². The molecule has 1 atom stereocenters. The van der Waals surface area contributed by atoms with Gasteiger partial charge in [-0.2, -0.15) is 0 Å². The summed E-state index contributed by atoms with van der Waals surface area (Å²) >= 11 is 1.56. The average Bonchev–Trinajstić information content (AvgIpc) is 3.00. The minimum absolute atomic E-state index is 0.127. The van der Waals surface area contributed by atoms with Gasteiger partial charge in [-0.05, 0) is 23.6 Å². The Labute approximate surface area is 127 Å². The molecule has 21 heavy (non-hydrogen) atoms. The Morgan fingerprint density at radius 3 is 2.81 bits per heavy atom. The van der Waals surface area contributed by atoms with Crippen LogP contribution in [0.3, 0.4) is 0 Å². The highest BCUT2D eigenvalue weighted by atomic mass is 32.1. The van der Waals surface area contributed by atoms with E-state index >= 15 is 0 Å². The molecule has 1 heterocycles. The molecule has 0 bridgehead atoms. The van der Waals surface area contributed by atoms with Crippen molar-refractivity contribution in [1.82, 2.24) is 5.32 Å². The average molecular weight is 309 g/mol. The van der Waals surface area contributed by atoms with Crippen LogP contribution in [0.1, 0.15) is 0 Å². The van der Waals surface area contributed by atoms with Crippen LogP contribution in [0.15, 0.2) is 41.1 Å². The molecule has 2 rings (SSSR count). The topological polar surface area (TPSA) is 71.0 Å². The summed E-state index contributed by atoms with van der Waals surface area (Å²) in [6.07, 6.45) is -0.574. The fourth-order valence-corrected chi connectivity index (χ4v) is 2.24. The summed E-state index contributed by atoms with van der Waals surface area (Å²) < 4.78 is 10.8. The Kier molecular flexibility index (Phi) is 6.33. The number of phenols is 1. The summed E-state index contributed by atoms with van der Waals surface area (Å²) in [5.74, 6) is 1.37. The Balaban J connectivity index is 1.54. The maximum atomic E-state index is 9.74. The molecule has 114 valence electrons. The molecule has 1 unspecified atom stereocenters. The fourth-order valence-electron chi connectivity index (χ4n) is 1.67. The van der Waals surface area contributed by atoms with Crippen LogP contribution in [0.5, 0.6) is 17.2 Å². The van der Waals surface area contributed by atoms with Crippen LogP contribution in [0, 0.1) is 0 Å². The summed E-state index contributed by atoms with van der Waals surface area (Å²) in [5.41, 5.74) is 0. The second-order valence-electron chi connectivity index (χ2n) is 4.44. The van der Waals surface area contributed by atoms with Gasteiger partial charge in [0.15, 0.2) is 11.5 Å². The lowest BCUT2D eigenvalue weighted by Crippen LogP contribution is -2.33. The number of aromatic hydroxyl groups is 1. The highest BCUT2D eigenvalue weighted by Crippen LogP contribution is 2.23. The molecule has 0 spiro atoms. The van der Waals surface area contributed by atoms with Crippen molar-refractivity contribution in [2.24, 2.45) is 0 Å². The number of nitrogens with one attached hydrogen (secondary N) is 1. The van der Waals surface area contributed by atoms with Crippen LogP contribution in [-0.2, 0) is 0 Å². The number of hydrogen-bond donors (Lipinski definition) is 3. The highest BCUT2D eigenvalue weighted by Gasteiger charge is 2.05. The van der Waals surface area contributed by atoms with E-state index in [1.54, 1.807) is 35.6 Å². The van der Waals surface area contributed by atoms with E-state index in [1.165, 1.54) is 0 Å². The smallest absolute Gasteiger partial charge is 0.160 e. The minimum atomic E-state index is -0.574. The van der Waals surface area contributed by atoms with Gasteiger partial charge in [0.25, 0.3) is 0 Å². The molecule has 0 aliphatic rings. The zero-order chi connectivity index (χ0) is 14.9. The number of para-hydroxylation sites is 2. The van der Waals surface area contributed by atoms with Crippen molar-refractivity contribution in [1.29, 1.82) is 0 Å². The van der Waals surface area contributed by atoms with Gasteiger partial charge in [-0.25, -0.2) is 0 Å². The molecule has 6 heteroatoms. The van der Waals surface area contributed by atoms with Crippen LogP contribution >= 0.6 is 11.3 Å². The Morgan fingerprint density at radius 1 is 1.19 bits per heavy atom. The van der Waals surface area contributed by atoms with Gasteiger partial charge in [0.1, 0.15) is 25.1 Å². The number of aliphatic hydroxyl groups is 1. The van der Waals surface area contributed by atoms with Crippen molar-refractivity contribution < 1.29 is 19.7 Å². The lowest BCUT2D eigenvalue weighted by atomic mass is 10.3. The largest absolute Gasteiger partial charge is 0.504 e. The lowest BCUT2D eigenvalue weighted by Gasteiger charge is -2.13. The molecule has 0 saturated carbocycles. The first-order valence-corrected chi connectivity index (χ1v) is 7.64. The van der Waals surface area contributed by atoms with Gasteiger partial charge in [-0.1, -0.05) is 12.1 Å². The quantitative estimate of drug-likeness (QED) is 0.617. The van der Waals surface area contributed by atoms with Crippen molar-refractivity contribution in [3.05, 3.63) is 41.1 Å². The molecule has 0 radical (unpaired) electrons. The predicted molar refractivity (Wildman–Crippen MR) is 82.3 cm³/mol. The summed E-state index contributed by atoms with van der Waals surface area (Å²) in [6, 6.07) is 8.69. The first kappa shape index (κ1) is 15.6. The molecule has 1 aromatic heterocycles. The zero-order valence-corrected chi connectivity index (χ0v) is 12.4. The number of phenolic OH excluding ortho intramolecular Hbond substituents is 1. The summed E-state index contributed by atoms with van der Waals surface area (Å²) in [6.45, 7) is 1.66. The first-order valence-electron chi connectivity index (χ1n) is 6.70.